The number of benzene rings is 1. The van der Waals surface area contributed by atoms with Crippen LogP contribution in [0.2, 0.25) is 0 Å². The summed E-state index contributed by atoms with van der Waals surface area (Å²) in [6, 6.07) is 4.88. The predicted molar refractivity (Wildman–Crippen MR) is 63.4 cm³/mol. The molecule has 1 aromatic carbocycles. The molecule has 6 heteroatoms. The first-order chi connectivity index (χ1) is 7.23. The third-order valence-electron chi connectivity index (χ3n) is 2.01. The highest BCUT2D eigenvalue weighted by Gasteiger charge is 2.42. The van der Waals surface area contributed by atoms with Gasteiger partial charge in [-0.3, -0.25) is 4.79 Å². The first-order valence-corrected chi connectivity index (χ1v) is 5.42. The zero-order chi connectivity index (χ0) is 12.5. The number of carbonyl (C=O) groups is 1. The maximum Gasteiger partial charge on any atom is 0.471 e. The van der Waals surface area contributed by atoms with E-state index in [1.807, 2.05) is 29.5 Å². The molecule has 0 aliphatic carbocycles. The summed E-state index contributed by atoms with van der Waals surface area (Å²) in [7, 11) is 1.11. The first-order valence-electron chi connectivity index (χ1n) is 4.34. The van der Waals surface area contributed by atoms with Crippen molar-refractivity contribution in [1.29, 1.82) is 0 Å². The molecule has 1 rings (SSSR count). The van der Waals surface area contributed by atoms with E-state index in [0.29, 0.717) is 8.47 Å². The molecule has 0 aromatic heterocycles. The van der Waals surface area contributed by atoms with E-state index in [0.717, 1.165) is 12.6 Å². The molecule has 0 saturated carbocycles. The molecule has 1 aromatic rings. The van der Waals surface area contributed by atoms with Crippen molar-refractivity contribution in [3.05, 3.63) is 27.3 Å². The van der Waals surface area contributed by atoms with Gasteiger partial charge in [-0.15, -0.1) is 0 Å². The van der Waals surface area contributed by atoms with Crippen molar-refractivity contribution in [3.63, 3.8) is 0 Å². The van der Waals surface area contributed by atoms with Crippen molar-refractivity contribution in [2.75, 3.05) is 11.9 Å². The van der Waals surface area contributed by atoms with E-state index in [9.17, 15) is 18.0 Å². The van der Waals surface area contributed by atoms with Crippen LogP contribution in [0.5, 0.6) is 0 Å². The number of hydrogen-bond acceptors (Lipinski definition) is 1. The zero-order valence-corrected chi connectivity index (χ0v) is 10.8. The van der Waals surface area contributed by atoms with Crippen LogP contribution in [0.3, 0.4) is 0 Å². The Hall–Kier alpha value is -0.790. The maximum absolute atomic E-state index is 12.2. The molecule has 16 heavy (non-hydrogen) atoms. The number of carbonyl (C=O) groups excluding carboxylic acids is 1. The van der Waals surface area contributed by atoms with E-state index < -0.39 is 12.1 Å². The average Bonchev–Trinajstić information content (AvgIpc) is 2.14. The quantitative estimate of drug-likeness (QED) is 0.718. The van der Waals surface area contributed by atoms with Crippen LogP contribution < -0.4 is 4.90 Å². The third kappa shape index (κ3) is 2.87. The van der Waals surface area contributed by atoms with Gasteiger partial charge in [-0.25, -0.2) is 0 Å². The summed E-state index contributed by atoms with van der Waals surface area (Å²) in [5.41, 5.74) is 1.19. The largest absolute Gasteiger partial charge is 0.471 e. The van der Waals surface area contributed by atoms with Crippen LogP contribution in [0.1, 0.15) is 5.56 Å². The van der Waals surface area contributed by atoms with Gasteiger partial charge in [0, 0.05) is 10.6 Å². The maximum atomic E-state index is 12.2. The SMILES string of the molecule is Cc1ccc(N(C)C(=O)C(F)(F)F)c(I)c1. The Labute approximate surface area is 105 Å². The Bertz CT molecular complexity index is 417. The number of rotatable bonds is 1. The molecule has 1 amide bonds. The Kier molecular flexibility index (Phi) is 3.82. The van der Waals surface area contributed by atoms with Crippen LogP contribution in [-0.2, 0) is 4.79 Å². The van der Waals surface area contributed by atoms with E-state index in [-0.39, 0.29) is 5.69 Å². The fourth-order valence-corrected chi connectivity index (χ4v) is 2.22. The minimum atomic E-state index is -4.84. The molecular weight excluding hydrogens is 334 g/mol. The van der Waals surface area contributed by atoms with Gasteiger partial charge in [-0.05, 0) is 47.2 Å². The Morgan fingerprint density at radius 1 is 1.38 bits per heavy atom. The van der Waals surface area contributed by atoms with Crippen molar-refractivity contribution in [3.8, 4) is 0 Å². The van der Waals surface area contributed by atoms with E-state index in [2.05, 4.69) is 0 Å². The number of amides is 1. The number of hydrogen-bond donors (Lipinski definition) is 0. The van der Waals surface area contributed by atoms with Crippen LogP contribution in [0, 0.1) is 10.5 Å². The molecule has 0 N–H and O–H groups in total. The summed E-state index contributed by atoms with van der Waals surface area (Å²) in [6.07, 6.45) is -4.84. The number of alkyl halides is 3. The first kappa shape index (κ1) is 13.3. The molecule has 88 valence electrons. The zero-order valence-electron chi connectivity index (χ0n) is 8.60. The minimum Gasteiger partial charge on any atom is -0.307 e. The van der Waals surface area contributed by atoms with Gasteiger partial charge in [0.25, 0.3) is 0 Å². The number of anilines is 1. The van der Waals surface area contributed by atoms with Gasteiger partial charge in [-0.2, -0.15) is 13.2 Å². The van der Waals surface area contributed by atoms with E-state index in [1.165, 1.54) is 6.07 Å². The summed E-state index contributed by atoms with van der Waals surface area (Å²) in [5, 5.41) is 0. The average molecular weight is 343 g/mol. The Balaban J connectivity index is 3.06. The van der Waals surface area contributed by atoms with Gasteiger partial charge in [0.1, 0.15) is 0 Å². The summed E-state index contributed by atoms with van der Waals surface area (Å²) >= 11 is 1.90. The molecule has 0 aliphatic rings. The lowest BCUT2D eigenvalue weighted by Crippen LogP contribution is -2.38. The number of aryl methyl sites for hydroxylation is 1. The van der Waals surface area contributed by atoms with Crippen LogP contribution >= 0.6 is 22.6 Å². The van der Waals surface area contributed by atoms with Crippen molar-refractivity contribution in [1.82, 2.24) is 0 Å². The molecular formula is C10H9F3INO. The van der Waals surface area contributed by atoms with Gasteiger partial charge in [0.2, 0.25) is 0 Å². The Morgan fingerprint density at radius 3 is 2.38 bits per heavy atom. The van der Waals surface area contributed by atoms with Crippen LogP contribution in [0.25, 0.3) is 0 Å². The van der Waals surface area contributed by atoms with Crippen LogP contribution in [0.4, 0.5) is 18.9 Å². The Morgan fingerprint density at radius 2 is 1.94 bits per heavy atom. The lowest BCUT2D eigenvalue weighted by Gasteiger charge is -2.20. The lowest BCUT2D eigenvalue weighted by atomic mass is 10.2. The smallest absolute Gasteiger partial charge is 0.307 e. The van der Waals surface area contributed by atoms with Gasteiger partial charge >= 0.3 is 12.1 Å². The van der Waals surface area contributed by atoms with Crippen LogP contribution in [-0.4, -0.2) is 19.1 Å². The van der Waals surface area contributed by atoms with Gasteiger partial charge in [-0.1, -0.05) is 6.07 Å². The molecule has 0 fully saturated rings. The van der Waals surface area contributed by atoms with E-state index in [1.54, 1.807) is 12.1 Å². The fourth-order valence-electron chi connectivity index (χ4n) is 1.18. The summed E-state index contributed by atoms with van der Waals surface area (Å²) in [5.74, 6) is -1.87. The van der Waals surface area contributed by atoms with Crippen molar-refractivity contribution < 1.29 is 18.0 Å². The summed E-state index contributed by atoms with van der Waals surface area (Å²) in [4.78, 5) is 11.6. The second-order valence-electron chi connectivity index (χ2n) is 3.32. The van der Waals surface area contributed by atoms with Gasteiger partial charge in [0.05, 0.1) is 5.69 Å². The summed E-state index contributed by atoms with van der Waals surface area (Å²) in [6.45, 7) is 1.83. The van der Waals surface area contributed by atoms with Crippen LogP contribution in [0.15, 0.2) is 18.2 Å². The minimum absolute atomic E-state index is 0.258. The second kappa shape index (κ2) is 4.60. The highest BCUT2D eigenvalue weighted by atomic mass is 127. The predicted octanol–water partition coefficient (Wildman–Crippen LogP) is 3.12. The number of nitrogens with zero attached hydrogens (tertiary/aromatic N) is 1. The van der Waals surface area contributed by atoms with Crippen molar-refractivity contribution >= 4 is 34.2 Å². The molecule has 0 unspecified atom stereocenters. The number of halogens is 4. The molecule has 0 heterocycles. The molecule has 0 saturated heterocycles. The normalized spacial score (nSPS) is 11.4. The fraction of sp³-hybridized carbons (Fsp3) is 0.300. The molecule has 0 radical (unpaired) electrons. The van der Waals surface area contributed by atoms with Gasteiger partial charge < -0.3 is 4.90 Å². The monoisotopic (exact) mass is 343 g/mol. The van der Waals surface area contributed by atoms with Crippen molar-refractivity contribution in [2.45, 2.75) is 13.1 Å². The highest BCUT2D eigenvalue weighted by molar-refractivity contribution is 14.1. The lowest BCUT2D eigenvalue weighted by molar-refractivity contribution is -0.170. The molecule has 0 atom stereocenters. The summed E-state index contributed by atoms with van der Waals surface area (Å²) < 4.78 is 37.2. The highest BCUT2D eigenvalue weighted by Crippen LogP contribution is 2.26. The van der Waals surface area contributed by atoms with Crippen molar-refractivity contribution in [2.24, 2.45) is 0 Å². The molecule has 0 spiro atoms. The second-order valence-corrected chi connectivity index (χ2v) is 4.48. The van der Waals surface area contributed by atoms with Gasteiger partial charge in [0.15, 0.2) is 0 Å². The molecule has 0 bridgehead atoms. The standard InChI is InChI=1S/C10H9F3INO/c1-6-3-4-8(7(14)5-6)15(2)9(16)10(11,12)13/h3-5H,1-2H3. The van der Waals surface area contributed by atoms with E-state index in [4.69, 9.17) is 0 Å². The van der Waals surface area contributed by atoms with E-state index >= 15 is 0 Å². The molecule has 2 nitrogen and oxygen atoms in total. The third-order valence-corrected chi connectivity index (χ3v) is 2.88. The topological polar surface area (TPSA) is 20.3 Å². The molecule has 0 aliphatic heterocycles.